The molecule has 1 amide bonds. The zero-order chi connectivity index (χ0) is 14.5. The van der Waals surface area contributed by atoms with Gasteiger partial charge in [0.1, 0.15) is 6.04 Å². The Kier molecular flexibility index (Phi) is 3.30. The van der Waals surface area contributed by atoms with Gasteiger partial charge in [0.25, 0.3) is 0 Å². The lowest BCUT2D eigenvalue weighted by atomic mass is 9.49. The van der Waals surface area contributed by atoms with Crippen LogP contribution in [0.15, 0.2) is 0 Å². The molecule has 0 heterocycles. The molecule has 0 aliphatic heterocycles. The number of carboxylic acid groups (broad SMARTS) is 1. The van der Waals surface area contributed by atoms with Crippen LogP contribution in [-0.2, 0) is 9.59 Å². The molecule has 4 bridgehead atoms. The van der Waals surface area contributed by atoms with E-state index >= 15 is 0 Å². The molecular weight excluding hydrogens is 254 g/mol. The van der Waals surface area contributed by atoms with Gasteiger partial charge >= 0.3 is 5.97 Å². The smallest absolute Gasteiger partial charge is 0.326 e. The monoisotopic (exact) mass is 279 g/mol. The van der Waals surface area contributed by atoms with Gasteiger partial charge in [0.15, 0.2) is 0 Å². The van der Waals surface area contributed by atoms with Crippen molar-refractivity contribution in [3.63, 3.8) is 0 Å². The van der Waals surface area contributed by atoms with Crippen molar-refractivity contribution < 1.29 is 14.7 Å². The third-order valence-electron chi connectivity index (χ3n) is 6.02. The summed E-state index contributed by atoms with van der Waals surface area (Å²) in [7, 11) is 1.63. The molecule has 1 N–H and O–H groups in total. The third-order valence-corrected chi connectivity index (χ3v) is 6.02. The Labute approximate surface area is 120 Å². The molecule has 4 nitrogen and oxygen atoms in total. The van der Waals surface area contributed by atoms with Crippen molar-refractivity contribution in [2.45, 2.75) is 57.9 Å². The average molecular weight is 279 g/mol. The molecule has 1 atom stereocenters. The summed E-state index contributed by atoms with van der Waals surface area (Å²) < 4.78 is 0. The summed E-state index contributed by atoms with van der Waals surface area (Å²) in [5, 5.41) is 9.04. The minimum absolute atomic E-state index is 0.0156. The number of carboxylic acids is 1. The SMILES string of the molecule is CC(C(=O)O)N(C)C(=O)CC12CC3CC(CC(C3)C1)C2. The van der Waals surface area contributed by atoms with Crippen molar-refractivity contribution in [2.75, 3.05) is 7.05 Å². The van der Waals surface area contributed by atoms with Crippen LogP contribution in [-0.4, -0.2) is 35.0 Å². The fourth-order valence-corrected chi connectivity index (χ4v) is 5.33. The molecule has 4 rings (SSSR count). The third kappa shape index (κ3) is 2.33. The van der Waals surface area contributed by atoms with Crippen LogP contribution in [0, 0.1) is 23.2 Å². The van der Waals surface area contributed by atoms with Gasteiger partial charge in [-0.25, -0.2) is 4.79 Å². The second-order valence-electron chi connectivity index (χ2n) is 7.61. The maximum absolute atomic E-state index is 12.4. The Morgan fingerprint density at radius 2 is 1.60 bits per heavy atom. The highest BCUT2D eigenvalue weighted by atomic mass is 16.4. The van der Waals surface area contributed by atoms with Crippen molar-refractivity contribution in [1.29, 1.82) is 0 Å². The molecule has 0 spiro atoms. The van der Waals surface area contributed by atoms with E-state index in [2.05, 4.69) is 0 Å². The van der Waals surface area contributed by atoms with Gasteiger partial charge in [-0.3, -0.25) is 4.79 Å². The summed E-state index contributed by atoms with van der Waals surface area (Å²) in [5.41, 5.74) is 0.193. The molecule has 0 aromatic heterocycles. The standard InChI is InChI=1S/C16H25NO3/c1-10(15(19)20)17(2)14(18)9-16-6-11-3-12(7-16)5-13(4-11)8-16/h10-13H,3-9H2,1-2H3,(H,19,20). The van der Waals surface area contributed by atoms with Crippen molar-refractivity contribution in [3.05, 3.63) is 0 Å². The normalized spacial score (nSPS) is 39.6. The van der Waals surface area contributed by atoms with Gasteiger partial charge in [0.05, 0.1) is 0 Å². The predicted octanol–water partition coefficient (Wildman–Crippen LogP) is 2.52. The Morgan fingerprint density at radius 1 is 1.15 bits per heavy atom. The van der Waals surface area contributed by atoms with E-state index in [1.165, 1.54) is 43.4 Å². The molecule has 0 saturated heterocycles. The van der Waals surface area contributed by atoms with Gasteiger partial charge in [0, 0.05) is 13.5 Å². The molecule has 4 aliphatic carbocycles. The maximum atomic E-state index is 12.4. The Bertz CT molecular complexity index is 396. The van der Waals surface area contributed by atoms with Gasteiger partial charge in [-0.2, -0.15) is 0 Å². The first-order valence-corrected chi connectivity index (χ1v) is 7.87. The summed E-state index contributed by atoms with van der Waals surface area (Å²) in [5.74, 6) is 1.58. The summed E-state index contributed by atoms with van der Waals surface area (Å²) in [4.78, 5) is 24.9. The topological polar surface area (TPSA) is 57.6 Å². The Balaban J connectivity index is 1.68. The number of amides is 1. The minimum atomic E-state index is -0.925. The summed E-state index contributed by atoms with van der Waals surface area (Å²) in [6.45, 7) is 1.58. The fraction of sp³-hybridized carbons (Fsp3) is 0.875. The van der Waals surface area contributed by atoms with E-state index in [0.29, 0.717) is 6.42 Å². The number of carbonyl (C=O) groups is 2. The van der Waals surface area contributed by atoms with E-state index in [4.69, 9.17) is 5.11 Å². The van der Waals surface area contributed by atoms with Crippen LogP contribution < -0.4 is 0 Å². The first-order valence-electron chi connectivity index (χ1n) is 7.87. The zero-order valence-corrected chi connectivity index (χ0v) is 12.5. The van der Waals surface area contributed by atoms with Gasteiger partial charge in [-0.05, 0) is 68.6 Å². The molecule has 4 saturated carbocycles. The number of hydrogen-bond acceptors (Lipinski definition) is 2. The summed E-state index contributed by atoms with van der Waals surface area (Å²) in [6.07, 6.45) is 8.25. The zero-order valence-electron chi connectivity index (χ0n) is 12.5. The van der Waals surface area contributed by atoms with Crippen LogP contribution in [0.1, 0.15) is 51.9 Å². The largest absolute Gasteiger partial charge is 0.480 e. The maximum Gasteiger partial charge on any atom is 0.326 e. The van der Waals surface area contributed by atoms with Crippen molar-refractivity contribution in [2.24, 2.45) is 23.2 Å². The predicted molar refractivity (Wildman–Crippen MR) is 75.1 cm³/mol. The van der Waals surface area contributed by atoms with Crippen LogP contribution in [0.2, 0.25) is 0 Å². The molecule has 112 valence electrons. The molecule has 20 heavy (non-hydrogen) atoms. The molecule has 4 heteroatoms. The van der Waals surface area contributed by atoms with Crippen LogP contribution in [0.5, 0.6) is 0 Å². The van der Waals surface area contributed by atoms with Gasteiger partial charge in [-0.15, -0.1) is 0 Å². The second kappa shape index (κ2) is 4.74. The number of nitrogens with zero attached hydrogens (tertiary/aromatic N) is 1. The highest BCUT2D eigenvalue weighted by Crippen LogP contribution is 2.61. The van der Waals surface area contributed by atoms with E-state index in [1.807, 2.05) is 0 Å². The number of hydrogen-bond donors (Lipinski definition) is 1. The van der Waals surface area contributed by atoms with Crippen molar-refractivity contribution in [1.82, 2.24) is 4.90 Å². The van der Waals surface area contributed by atoms with Crippen molar-refractivity contribution in [3.8, 4) is 0 Å². The summed E-state index contributed by atoms with van der Waals surface area (Å²) >= 11 is 0. The highest BCUT2D eigenvalue weighted by Gasteiger charge is 2.51. The Morgan fingerprint density at radius 3 is 2.00 bits per heavy atom. The van der Waals surface area contributed by atoms with Gasteiger partial charge < -0.3 is 10.0 Å². The summed E-state index contributed by atoms with van der Waals surface area (Å²) in [6, 6.07) is -0.726. The van der Waals surface area contributed by atoms with E-state index in [1.54, 1.807) is 14.0 Å². The van der Waals surface area contributed by atoms with Crippen LogP contribution in [0.4, 0.5) is 0 Å². The van der Waals surface area contributed by atoms with Gasteiger partial charge in [0.2, 0.25) is 5.91 Å². The van der Waals surface area contributed by atoms with E-state index < -0.39 is 12.0 Å². The number of carbonyl (C=O) groups excluding carboxylic acids is 1. The number of aliphatic carboxylic acids is 1. The molecular formula is C16H25NO3. The van der Waals surface area contributed by atoms with Crippen LogP contribution in [0.3, 0.4) is 0 Å². The molecule has 0 aromatic carbocycles. The minimum Gasteiger partial charge on any atom is -0.480 e. The molecule has 0 radical (unpaired) electrons. The lowest BCUT2D eigenvalue weighted by Gasteiger charge is -2.57. The highest BCUT2D eigenvalue weighted by molar-refractivity contribution is 5.83. The fourth-order valence-electron chi connectivity index (χ4n) is 5.33. The van der Waals surface area contributed by atoms with E-state index in [9.17, 15) is 9.59 Å². The molecule has 4 aliphatic rings. The number of likely N-dealkylation sites (N-methyl/N-ethyl adjacent to an activating group) is 1. The molecule has 0 aromatic rings. The second-order valence-corrected chi connectivity index (χ2v) is 7.61. The molecule has 4 fully saturated rings. The average Bonchev–Trinajstić information content (AvgIpc) is 2.34. The molecule has 1 unspecified atom stereocenters. The van der Waals surface area contributed by atoms with Gasteiger partial charge in [-0.1, -0.05) is 0 Å². The lowest BCUT2D eigenvalue weighted by Crippen LogP contribution is -2.49. The Hall–Kier alpha value is -1.06. The first-order chi connectivity index (χ1) is 9.38. The quantitative estimate of drug-likeness (QED) is 0.860. The lowest BCUT2D eigenvalue weighted by molar-refractivity contribution is -0.151. The van der Waals surface area contributed by atoms with E-state index in [-0.39, 0.29) is 11.3 Å². The van der Waals surface area contributed by atoms with Crippen molar-refractivity contribution >= 4 is 11.9 Å². The van der Waals surface area contributed by atoms with Crippen LogP contribution in [0.25, 0.3) is 0 Å². The number of rotatable bonds is 4. The first kappa shape index (κ1) is 13.9. The van der Waals surface area contributed by atoms with Crippen LogP contribution >= 0.6 is 0 Å². The van der Waals surface area contributed by atoms with E-state index in [0.717, 1.165) is 17.8 Å².